The summed E-state index contributed by atoms with van der Waals surface area (Å²) in [6.45, 7) is 4.57. The second kappa shape index (κ2) is 8.82. The Kier molecular flexibility index (Phi) is 6.78. The van der Waals surface area contributed by atoms with Gasteiger partial charge in [0.25, 0.3) is 0 Å². The van der Waals surface area contributed by atoms with Gasteiger partial charge in [0, 0.05) is 18.0 Å². The van der Waals surface area contributed by atoms with Gasteiger partial charge in [-0.1, -0.05) is 44.0 Å². The third kappa shape index (κ3) is 5.47. The van der Waals surface area contributed by atoms with Crippen molar-refractivity contribution in [1.82, 2.24) is 4.90 Å². The third-order valence-corrected chi connectivity index (χ3v) is 4.62. The van der Waals surface area contributed by atoms with Gasteiger partial charge in [0.05, 0.1) is 6.42 Å². The number of carbonyl (C=O) groups excluding carboxylic acids is 1. The van der Waals surface area contributed by atoms with Crippen LogP contribution in [0.2, 0.25) is 0 Å². The summed E-state index contributed by atoms with van der Waals surface area (Å²) in [6, 6.07) is 7.57. The summed E-state index contributed by atoms with van der Waals surface area (Å²) < 4.78 is 0. The molecule has 126 valence electrons. The zero-order chi connectivity index (χ0) is 16.7. The highest BCUT2D eigenvalue weighted by Gasteiger charge is 2.25. The minimum Gasteiger partial charge on any atom is -0.481 e. The van der Waals surface area contributed by atoms with Crippen molar-refractivity contribution >= 4 is 11.8 Å². The van der Waals surface area contributed by atoms with Crippen molar-refractivity contribution in [3.05, 3.63) is 35.4 Å². The van der Waals surface area contributed by atoms with E-state index in [1.807, 2.05) is 24.3 Å². The predicted molar refractivity (Wildman–Crippen MR) is 90.8 cm³/mol. The van der Waals surface area contributed by atoms with Crippen LogP contribution in [-0.4, -0.2) is 41.4 Å². The molecule has 1 saturated heterocycles. The lowest BCUT2D eigenvalue weighted by molar-refractivity contribution is -0.137. The average molecular weight is 317 g/mol. The number of carboxylic acids is 1. The van der Waals surface area contributed by atoms with E-state index in [1.165, 1.54) is 18.4 Å². The van der Waals surface area contributed by atoms with Gasteiger partial charge in [-0.05, 0) is 37.9 Å². The molecule has 4 heteroatoms. The maximum Gasteiger partial charge on any atom is 0.304 e. The lowest BCUT2D eigenvalue weighted by Gasteiger charge is -2.24. The molecule has 4 nitrogen and oxygen atoms in total. The molecule has 0 amide bonds. The number of nitrogens with zero attached hydrogens (tertiary/aromatic N) is 1. The Morgan fingerprint density at radius 3 is 2.22 bits per heavy atom. The average Bonchev–Trinajstić information content (AvgIpc) is 2.82. The van der Waals surface area contributed by atoms with Crippen LogP contribution < -0.4 is 0 Å². The van der Waals surface area contributed by atoms with Crippen molar-refractivity contribution in [2.24, 2.45) is 5.92 Å². The number of ketones is 1. The van der Waals surface area contributed by atoms with Crippen LogP contribution in [0.5, 0.6) is 0 Å². The smallest absolute Gasteiger partial charge is 0.304 e. The molecule has 1 heterocycles. The van der Waals surface area contributed by atoms with Crippen LogP contribution in [0.25, 0.3) is 0 Å². The Balaban J connectivity index is 2.08. The maximum atomic E-state index is 12.7. The summed E-state index contributed by atoms with van der Waals surface area (Å²) in [4.78, 5) is 26.2. The highest BCUT2D eigenvalue weighted by atomic mass is 16.4. The van der Waals surface area contributed by atoms with E-state index < -0.39 is 11.9 Å². The molecule has 0 spiro atoms. The lowest BCUT2D eigenvalue weighted by Crippen LogP contribution is -2.35. The second-order valence-corrected chi connectivity index (χ2v) is 6.42. The van der Waals surface area contributed by atoms with E-state index in [9.17, 15) is 14.7 Å². The van der Waals surface area contributed by atoms with Gasteiger partial charge in [-0.25, -0.2) is 0 Å². The van der Waals surface area contributed by atoms with Crippen LogP contribution in [0.4, 0.5) is 0 Å². The van der Waals surface area contributed by atoms with Gasteiger partial charge < -0.3 is 10.0 Å². The zero-order valence-electron chi connectivity index (χ0n) is 14.0. The highest BCUT2D eigenvalue weighted by Crippen LogP contribution is 2.18. The number of Topliss-reactive ketones (excluding diaryl/α,β-unsaturated/α-hetero) is 1. The first-order chi connectivity index (χ1) is 11.1. The molecule has 1 aromatic rings. The summed E-state index contributed by atoms with van der Waals surface area (Å²) >= 11 is 0. The fourth-order valence-electron chi connectivity index (χ4n) is 3.22. The Morgan fingerprint density at radius 1 is 1.09 bits per heavy atom. The first kappa shape index (κ1) is 17.7. The Morgan fingerprint density at radius 2 is 1.70 bits per heavy atom. The largest absolute Gasteiger partial charge is 0.481 e. The summed E-state index contributed by atoms with van der Waals surface area (Å²) in [5.41, 5.74) is 1.81. The lowest BCUT2D eigenvalue weighted by atomic mass is 9.93. The molecule has 2 rings (SSSR count). The second-order valence-electron chi connectivity index (χ2n) is 6.42. The van der Waals surface area contributed by atoms with Crippen molar-refractivity contribution in [1.29, 1.82) is 0 Å². The molecule has 0 radical (unpaired) electrons. The normalized spacial score (nSPS) is 17.4. The van der Waals surface area contributed by atoms with E-state index in [-0.39, 0.29) is 12.2 Å². The van der Waals surface area contributed by atoms with E-state index in [4.69, 9.17) is 0 Å². The van der Waals surface area contributed by atoms with Gasteiger partial charge in [-0.15, -0.1) is 0 Å². The minimum absolute atomic E-state index is 0.0423. The van der Waals surface area contributed by atoms with Crippen LogP contribution in [0.1, 0.15) is 54.9 Å². The molecule has 0 saturated carbocycles. The van der Waals surface area contributed by atoms with Gasteiger partial charge in [-0.2, -0.15) is 0 Å². The summed E-state index contributed by atoms with van der Waals surface area (Å²) in [7, 11) is 0. The topological polar surface area (TPSA) is 57.6 Å². The van der Waals surface area contributed by atoms with Gasteiger partial charge in [0.15, 0.2) is 5.78 Å². The van der Waals surface area contributed by atoms with Crippen molar-refractivity contribution in [2.75, 3.05) is 19.6 Å². The SMILES string of the molecule is CCc1ccc(C(=O)C(CC(=O)O)CN2CCCCCC2)cc1. The van der Waals surface area contributed by atoms with Gasteiger partial charge in [-0.3, -0.25) is 9.59 Å². The highest BCUT2D eigenvalue weighted by molar-refractivity contribution is 5.99. The molecule has 23 heavy (non-hydrogen) atoms. The van der Waals surface area contributed by atoms with E-state index in [1.54, 1.807) is 0 Å². The van der Waals surface area contributed by atoms with Crippen LogP contribution in [-0.2, 0) is 11.2 Å². The molecule has 0 aromatic heterocycles. The monoisotopic (exact) mass is 317 g/mol. The number of carboxylic acid groups (broad SMARTS) is 1. The van der Waals surface area contributed by atoms with E-state index in [0.29, 0.717) is 12.1 Å². The molecule has 1 unspecified atom stereocenters. The molecule has 1 aromatic carbocycles. The molecule has 1 atom stereocenters. The van der Waals surface area contributed by atoms with Crippen LogP contribution in [0.3, 0.4) is 0 Å². The standard InChI is InChI=1S/C19H27NO3/c1-2-15-7-9-16(10-8-15)19(23)17(13-18(21)22)14-20-11-5-3-4-6-12-20/h7-10,17H,2-6,11-14H2,1H3,(H,21,22). The fourth-order valence-corrected chi connectivity index (χ4v) is 3.22. The molecule has 1 fully saturated rings. The van der Waals surface area contributed by atoms with Crippen molar-refractivity contribution in [3.8, 4) is 0 Å². The quantitative estimate of drug-likeness (QED) is 0.783. The van der Waals surface area contributed by atoms with Gasteiger partial charge in [0.2, 0.25) is 0 Å². The van der Waals surface area contributed by atoms with Crippen molar-refractivity contribution in [2.45, 2.75) is 45.4 Å². The molecule has 0 bridgehead atoms. The number of carbonyl (C=O) groups is 2. The predicted octanol–water partition coefficient (Wildman–Crippen LogP) is 3.40. The summed E-state index contributed by atoms with van der Waals surface area (Å²) in [6.07, 6.45) is 5.57. The van der Waals surface area contributed by atoms with Crippen LogP contribution in [0.15, 0.2) is 24.3 Å². The fraction of sp³-hybridized carbons (Fsp3) is 0.579. The number of hydrogen-bond donors (Lipinski definition) is 1. The first-order valence-corrected chi connectivity index (χ1v) is 8.67. The van der Waals surface area contributed by atoms with E-state index >= 15 is 0 Å². The Hall–Kier alpha value is -1.68. The zero-order valence-corrected chi connectivity index (χ0v) is 14.0. The van der Waals surface area contributed by atoms with E-state index in [0.717, 1.165) is 32.4 Å². The summed E-state index contributed by atoms with van der Waals surface area (Å²) in [5, 5.41) is 9.18. The molecule has 1 N–H and O–H groups in total. The molecular formula is C19H27NO3. The number of rotatable bonds is 7. The molecule has 1 aliphatic rings. The van der Waals surface area contributed by atoms with Crippen LogP contribution in [0, 0.1) is 5.92 Å². The third-order valence-electron chi connectivity index (χ3n) is 4.62. The molecule has 1 aliphatic heterocycles. The maximum absolute atomic E-state index is 12.7. The number of benzene rings is 1. The molecular weight excluding hydrogens is 290 g/mol. The van der Waals surface area contributed by atoms with Crippen molar-refractivity contribution in [3.63, 3.8) is 0 Å². The van der Waals surface area contributed by atoms with Gasteiger partial charge in [0.1, 0.15) is 0 Å². The minimum atomic E-state index is -0.900. The molecule has 0 aliphatic carbocycles. The van der Waals surface area contributed by atoms with Gasteiger partial charge >= 0.3 is 5.97 Å². The van der Waals surface area contributed by atoms with Crippen LogP contribution >= 0.6 is 0 Å². The number of hydrogen-bond acceptors (Lipinski definition) is 3. The number of aliphatic carboxylic acids is 1. The van der Waals surface area contributed by atoms with Crippen molar-refractivity contribution < 1.29 is 14.7 Å². The number of aryl methyl sites for hydroxylation is 1. The van der Waals surface area contributed by atoms with E-state index in [2.05, 4.69) is 11.8 Å². The Bertz CT molecular complexity index is 516. The first-order valence-electron chi connectivity index (χ1n) is 8.67. The summed E-state index contributed by atoms with van der Waals surface area (Å²) in [5.74, 6) is -1.40. The Labute approximate surface area is 138 Å². The number of likely N-dealkylation sites (tertiary alicyclic amines) is 1.